The van der Waals surface area contributed by atoms with E-state index in [1.807, 2.05) is 0 Å². The summed E-state index contributed by atoms with van der Waals surface area (Å²) in [6.07, 6.45) is -12.2. The number of carboxylic acids is 1. The Kier molecular flexibility index (Phi) is 6.25. The van der Waals surface area contributed by atoms with Crippen LogP contribution in [-0.4, -0.2) is 28.1 Å². The van der Waals surface area contributed by atoms with E-state index in [4.69, 9.17) is 16.7 Å². The van der Waals surface area contributed by atoms with Gasteiger partial charge in [0.25, 0.3) is 0 Å². The van der Waals surface area contributed by atoms with Crippen molar-refractivity contribution in [1.29, 1.82) is 0 Å². The van der Waals surface area contributed by atoms with Gasteiger partial charge in [-0.25, -0.2) is 4.79 Å². The van der Waals surface area contributed by atoms with Crippen molar-refractivity contribution in [3.05, 3.63) is 69.2 Å². The van der Waals surface area contributed by atoms with Gasteiger partial charge >= 0.3 is 18.3 Å². The zero-order chi connectivity index (χ0) is 23.1. The van der Waals surface area contributed by atoms with Gasteiger partial charge in [-0.05, 0) is 48.4 Å². The van der Waals surface area contributed by atoms with Crippen LogP contribution in [0, 0.1) is 6.92 Å². The minimum absolute atomic E-state index is 0.0748. The number of carboxylic acid groups (broad SMARTS) is 1. The third kappa shape index (κ3) is 4.76. The molecule has 0 aliphatic rings. The molecule has 0 fully saturated rings. The van der Waals surface area contributed by atoms with Crippen LogP contribution in [0.3, 0.4) is 0 Å². The standard InChI is InChI=1S/C19H13ClF6O4/c1-9-4-10(2-3-14(9)16(28)29)15(27)8-17(30,19(24,25)26)11-5-12(18(21,22)23)7-13(20)6-11/h2-7,30H,8H2,1H3,(H,28,29). The number of hydrogen-bond donors (Lipinski definition) is 2. The molecule has 0 amide bonds. The van der Waals surface area contributed by atoms with Gasteiger partial charge in [-0.3, -0.25) is 4.79 Å². The zero-order valence-corrected chi connectivity index (χ0v) is 15.8. The highest BCUT2D eigenvalue weighted by Crippen LogP contribution is 2.44. The van der Waals surface area contributed by atoms with Gasteiger partial charge in [0.15, 0.2) is 11.4 Å². The second-order valence-corrected chi connectivity index (χ2v) is 6.96. The van der Waals surface area contributed by atoms with E-state index in [-0.39, 0.29) is 22.8 Å². The highest BCUT2D eigenvalue weighted by atomic mass is 35.5. The average Bonchev–Trinajstić information content (AvgIpc) is 2.58. The summed E-state index contributed by atoms with van der Waals surface area (Å²) >= 11 is 5.51. The monoisotopic (exact) mass is 454 g/mol. The Morgan fingerprint density at radius 1 is 0.967 bits per heavy atom. The van der Waals surface area contributed by atoms with Crippen LogP contribution in [-0.2, 0) is 11.8 Å². The Morgan fingerprint density at radius 2 is 1.53 bits per heavy atom. The molecule has 0 saturated carbocycles. The van der Waals surface area contributed by atoms with Crippen molar-refractivity contribution < 1.29 is 46.1 Å². The molecule has 0 radical (unpaired) electrons. The smallest absolute Gasteiger partial charge is 0.421 e. The zero-order valence-electron chi connectivity index (χ0n) is 15.0. The number of halogens is 7. The second-order valence-electron chi connectivity index (χ2n) is 6.52. The fourth-order valence-electron chi connectivity index (χ4n) is 2.77. The van der Waals surface area contributed by atoms with E-state index in [0.29, 0.717) is 12.1 Å². The molecule has 1 atom stereocenters. The number of aryl methyl sites for hydroxylation is 1. The predicted octanol–water partition coefficient (Wildman–Crippen LogP) is 5.39. The molecule has 2 rings (SSSR count). The third-order valence-corrected chi connectivity index (χ3v) is 4.59. The molecule has 2 aromatic rings. The first-order valence-electron chi connectivity index (χ1n) is 8.11. The van der Waals surface area contributed by atoms with Crippen LogP contribution >= 0.6 is 11.6 Å². The Balaban J connectivity index is 2.54. The second kappa shape index (κ2) is 7.92. The lowest BCUT2D eigenvalue weighted by atomic mass is 9.85. The highest BCUT2D eigenvalue weighted by Gasteiger charge is 2.56. The van der Waals surface area contributed by atoms with Crippen LogP contribution in [0.25, 0.3) is 0 Å². The van der Waals surface area contributed by atoms with E-state index in [1.165, 1.54) is 6.92 Å². The van der Waals surface area contributed by atoms with E-state index in [1.54, 1.807) is 0 Å². The van der Waals surface area contributed by atoms with E-state index in [9.17, 15) is 41.0 Å². The summed E-state index contributed by atoms with van der Waals surface area (Å²) in [4.78, 5) is 23.4. The molecule has 0 aliphatic carbocycles. The largest absolute Gasteiger partial charge is 0.478 e. The average molecular weight is 455 g/mol. The van der Waals surface area contributed by atoms with Gasteiger partial charge in [0.1, 0.15) is 0 Å². The van der Waals surface area contributed by atoms with Crippen molar-refractivity contribution in [1.82, 2.24) is 0 Å². The number of carbonyl (C=O) groups is 2. The number of benzene rings is 2. The van der Waals surface area contributed by atoms with Crippen LogP contribution in [0.1, 0.15) is 43.8 Å². The molecule has 162 valence electrons. The van der Waals surface area contributed by atoms with Crippen molar-refractivity contribution in [3.63, 3.8) is 0 Å². The summed E-state index contributed by atoms with van der Waals surface area (Å²) in [6.45, 7) is 1.31. The number of ketones is 1. The van der Waals surface area contributed by atoms with Gasteiger partial charge in [0, 0.05) is 10.6 Å². The summed E-state index contributed by atoms with van der Waals surface area (Å²) in [5.74, 6) is -2.58. The van der Waals surface area contributed by atoms with E-state index in [2.05, 4.69) is 0 Å². The number of alkyl halides is 6. The van der Waals surface area contributed by atoms with Gasteiger partial charge in [-0.15, -0.1) is 0 Å². The molecule has 0 aliphatic heterocycles. The summed E-state index contributed by atoms with van der Waals surface area (Å²) in [7, 11) is 0. The molecular weight excluding hydrogens is 442 g/mol. The molecule has 30 heavy (non-hydrogen) atoms. The minimum Gasteiger partial charge on any atom is -0.478 e. The number of Topliss-reactive ketones (excluding diaryl/α,β-unsaturated/α-hetero) is 1. The summed E-state index contributed by atoms with van der Waals surface area (Å²) in [5.41, 5.74) is -7.20. The predicted molar refractivity (Wildman–Crippen MR) is 93.5 cm³/mol. The maximum Gasteiger partial charge on any atom is 0.421 e. The molecule has 1 unspecified atom stereocenters. The molecule has 0 aromatic heterocycles. The van der Waals surface area contributed by atoms with E-state index in [0.717, 1.165) is 18.2 Å². The fraction of sp³-hybridized carbons (Fsp3) is 0.263. The topological polar surface area (TPSA) is 74.6 Å². The number of hydrogen-bond acceptors (Lipinski definition) is 3. The lowest BCUT2D eigenvalue weighted by molar-refractivity contribution is -0.265. The van der Waals surface area contributed by atoms with Crippen LogP contribution in [0.5, 0.6) is 0 Å². The first-order valence-corrected chi connectivity index (χ1v) is 8.48. The van der Waals surface area contributed by atoms with Crippen molar-refractivity contribution in [2.75, 3.05) is 0 Å². The van der Waals surface area contributed by atoms with Crippen LogP contribution < -0.4 is 0 Å². The quantitative estimate of drug-likeness (QED) is 0.469. The van der Waals surface area contributed by atoms with Crippen molar-refractivity contribution >= 4 is 23.4 Å². The summed E-state index contributed by atoms with van der Waals surface area (Å²) in [5, 5.41) is 18.6. The number of aromatic carboxylic acids is 1. The minimum atomic E-state index is -5.52. The van der Waals surface area contributed by atoms with E-state index < -0.39 is 52.3 Å². The Labute approximate surface area is 170 Å². The third-order valence-electron chi connectivity index (χ3n) is 4.37. The SMILES string of the molecule is Cc1cc(C(=O)CC(O)(c2cc(Cl)cc(C(F)(F)F)c2)C(F)(F)F)ccc1C(=O)O. The molecule has 0 spiro atoms. The van der Waals surface area contributed by atoms with Gasteiger partial charge in [-0.2, -0.15) is 26.3 Å². The fourth-order valence-corrected chi connectivity index (χ4v) is 3.00. The van der Waals surface area contributed by atoms with Gasteiger partial charge < -0.3 is 10.2 Å². The van der Waals surface area contributed by atoms with Gasteiger partial charge in [0.2, 0.25) is 0 Å². The van der Waals surface area contributed by atoms with Crippen LogP contribution in [0.4, 0.5) is 26.3 Å². The number of aliphatic hydroxyl groups is 1. The lowest BCUT2D eigenvalue weighted by Gasteiger charge is -2.31. The summed E-state index contributed by atoms with van der Waals surface area (Å²) in [6, 6.07) is 3.93. The van der Waals surface area contributed by atoms with Crippen molar-refractivity contribution in [3.8, 4) is 0 Å². The number of carbonyl (C=O) groups excluding carboxylic acids is 1. The highest BCUT2D eigenvalue weighted by molar-refractivity contribution is 6.30. The molecular formula is C19H13ClF6O4. The molecule has 11 heteroatoms. The van der Waals surface area contributed by atoms with Crippen LogP contribution in [0.15, 0.2) is 36.4 Å². The molecule has 2 N–H and O–H groups in total. The van der Waals surface area contributed by atoms with Crippen molar-refractivity contribution in [2.45, 2.75) is 31.3 Å². The first kappa shape index (κ1) is 23.7. The Morgan fingerprint density at radius 3 is 2.00 bits per heavy atom. The molecule has 4 nitrogen and oxygen atoms in total. The Hall–Kier alpha value is -2.59. The Bertz CT molecular complexity index is 999. The summed E-state index contributed by atoms with van der Waals surface area (Å²) < 4.78 is 79.9. The lowest BCUT2D eigenvalue weighted by Crippen LogP contribution is -2.44. The number of rotatable bonds is 5. The maximum atomic E-state index is 13.7. The van der Waals surface area contributed by atoms with Gasteiger partial charge in [0.05, 0.1) is 17.5 Å². The first-order chi connectivity index (χ1) is 13.6. The normalized spacial score (nSPS) is 14.3. The molecule has 0 bridgehead atoms. The molecule has 2 aromatic carbocycles. The van der Waals surface area contributed by atoms with Crippen molar-refractivity contribution in [2.24, 2.45) is 0 Å². The molecule has 0 heterocycles. The van der Waals surface area contributed by atoms with E-state index >= 15 is 0 Å². The maximum absolute atomic E-state index is 13.7. The molecule has 0 saturated heterocycles. The van der Waals surface area contributed by atoms with Crippen LogP contribution in [0.2, 0.25) is 5.02 Å². The van der Waals surface area contributed by atoms with Gasteiger partial charge in [-0.1, -0.05) is 17.7 Å².